The summed E-state index contributed by atoms with van der Waals surface area (Å²) in [5.41, 5.74) is 2.41. The number of nitrogens with zero attached hydrogens (tertiary/aromatic N) is 3. The molecule has 3 rings (SSSR count). The van der Waals surface area contributed by atoms with Crippen molar-refractivity contribution < 1.29 is 9.53 Å². The summed E-state index contributed by atoms with van der Waals surface area (Å²) in [6.45, 7) is 4.15. The second kappa shape index (κ2) is 5.41. The van der Waals surface area contributed by atoms with Gasteiger partial charge in [0.05, 0.1) is 19.3 Å². The number of aryl methyl sites for hydroxylation is 1. The number of esters is 1. The van der Waals surface area contributed by atoms with E-state index in [2.05, 4.69) is 10.00 Å². The molecule has 110 valence electrons. The molecule has 0 spiro atoms. The highest BCUT2D eigenvalue weighted by atomic mass is 35.5. The largest absolute Gasteiger partial charge is 0.465 e. The van der Waals surface area contributed by atoms with Crippen LogP contribution in [0.4, 0.5) is 5.82 Å². The molecule has 5 nitrogen and oxygen atoms in total. The fraction of sp³-hybridized carbons (Fsp3) is 0.333. The van der Waals surface area contributed by atoms with Crippen molar-refractivity contribution in [2.75, 3.05) is 18.6 Å². The number of carbonyl (C=O) groups is 1. The molecule has 2 aromatic rings. The molecule has 0 amide bonds. The molecule has 0 radical (unpaired) electrons. The van der Waals surface area contributed by atoms with E-state index < -0.39 is 0 Å². The van der Waals surface area contributed by atoms with Crippen LogP contribution in [0, 0.1) is 6.92 Å². The Balaban J connectivity index is 1.92. The number of ether oxygens (including phenoxy) is 1. The topological polar surface area (TPSA) is 47.4 Å². The molecule has 0 bridgehead atoms. The van der Waals surface area contributed by atoms with E-state index in [0.29, 0.717) is 17.8 Å². The molecule has 2 heterocycles. The van der Waals surface area contributed by atoms with Crippen LogP contribution in [-0.2, 0) is 17.8 Å². The van der Waals surface area contributed by atoms with E-state index in [9.17, 15) is 4.79 Å². The fourth-order valence-electron chi connectivity index (χ4n) is 2.67. The Kier molecular flexibility index (Phi) is 3.59. The number of methoxy groups -OCH3 is 1. The monoisotopic (exact) mass is 305 g/mol. The average molecular weight is 306 g/mol. The first kappa shape index (κ1) is 13.9. The smallest absolute Gasteiger partial charge is 0.343 e. The van der Waals surface area contributed by atoms with Gasteiger partial charge in [0.15, 0.2) is 0 Å². The maximum atomic E-state index is 12.0. The molecule has 0 fully saturated rings. The molecule has 0 saturated heterocycles. The van der Waals surface area contributed by atoms with Crippen LogP contribution in [-0.4, -0.2) is 29.4 Å². The summed E-state index contributed by atoms with van der Waals surface area (Å²) in [6.07, 6.45) is 0. The predicted octanol–water partition coefficient (Wildman–Crippen LogP) is 2.65. The normalized spacial score (nSPS) is 13.4. The maximum Gasteiger partial charge on any atom is 0.343 e. The molecule has 6 heteroatoms. The molecule has 0 saturated carbocycles. The number of anilines is 1. The van der Waals surface area contributed by atoms with Crippen molar-refractivity contribution in [1.82, 2.24) is 9.78 Å². The van der Waals surface area contributed by atoms with Gasteiger partial charge in [0.25, 0.3) is 0 Å². The average Bonchev–Trinajstić information content (AvgIpc) is 2.99. The fourth-order valence-corrected chi connectivity index (χ4v) is 2.80. The minimum Gasteiger partial charge on any atom is -0.465 e. The van der Waals surface area contributed by atoms with Crippen molar-refractivity contribution in [3.8, 4) is 0 Å². The lowest BCUT2D eigenvalue weighted by Gasteiger charge is -2.18. The summed E-state index contributed by atoms with van der Waals surface area (Å²) < 4.78 is 6.75. The molecule has 0 atom stereocenters. The van der Waals surface area contributed by atoms with Gasteiger partial charge in [-0.3, -0.25) is 0 Å². The SMILES string of the molecule is COC(=O)c1c(C)nn2c1N(Cc1ccc(Cl)cc1)CC2. The highest BCUT2D eigenvalue weighted by molar-refractivity contribution is 6.30. The van der Waals surface area contributed by atoms with Crippen LogP contribution >= 0.6 is 11.6 Å². The molecule has 0 unspecified atom stereocenters. The number of aromatic nitrogens is 2. The van der Waals surface area contributed by atoms with E-state index >= 15 is 0 Å². The number of halogens is 1. The van der Waals surface area contributed by atoms with Crippen LogP contribution in [0.2, 0.25) is 5.02 Å². The lowest BCUT2D eigenvalue weighted by atomic mass is 10.2. The van der Waals surface area contributed by atoms with Crippen molar-refractivity contribution in [2.45, 2.75) is 20.0 Å². The standard InChI is InChI=1S/C15H16ClN3O2/c1-10-13(15(20)21-2)14-18(7-8-19(14)17-10)9-11-3-5-12(16)6-4-11/h3-6H,7-9H2,1-2H3. The molecular weight excluding hydrogens is 290 g/mol. The lowest BCUT2D eigenvalue weighted by molar-refractivity contribution is 0.0600. The van der Waals surface area contributed by atoms with Crippen molar-refractivity contribution >= 4 is 23.4 Å². The minimum absolute atomic E-state index is 0.336. The van der Waals surface area contributed by atoms with Gasteiger partial charge in [0, 0.05) is 18.1 Å². The Bertz CT molecular complexity index is 679. The van der Waals surface area contributed by atoms with Crippen LogP contribution in [0.1, 0.15) is 21.6 Å². The van der Waals surface area contributed by atoms with E-state index in [1.165, 1.54) is 7.11 Å². The van der Waals surface area contributed by atoms with Gasteiger partial charge in [-0.1, -0.05) is 23.7 Å². The Morgan fingerprint density at radius 2 is 2.05 bits per heavy atom. The predicted molar refractivity (Wildman–Crippen MR) is 80.8 cm³/mol. The van der Waals surface area contributed by atoms with Gasteiger partial charge < -0.3 is 9.64 Å². The molecule has 0 aliphatic carbocycles. The first-order chi connectivity index (χ1) is 10.1. The van der Waals surface area contributed by atoms with Gasteiger partial charge in [0.1, 0.15) is 11.4 Å². The molecule has 21 heavy (non-hydrogen) atoms. The second-order valence-corrected chi connectivity index (χ2v) is 5.48. The summed E-state index contributed by atoms with van der Waals surface area (Å²) in [6, 6.07) is 7.73. The zero-order valence-electron chi connectivity index (χ0n) is 12.0. The van der Waals surface area contributed by atoms with E-state index in [4.69, 9.17) is 16.3 Å². The Morgan fingerprint density at radius 3 is 2.71 bits per heavy atom. The Labute approximate surface area is 128 Å². The zero-order chi connectivity index (χ0) is 15.0. The molecule has 0 N–H and O–H groups in total. The van der Waals surface area contributed by atoms with E-state index in [0.717, 1.165) is 29.5 Å². The molecule has 1 aromatic carbocycles. The number of fused-ring (bicyclic) bond motifs is 1. The minimum atomic E-state index is -0.336. The molecule has 1 aliphatic rings. The van der Waals surface area contributed by atoms with Crippen molar-refractivity contribution in [3.63, 3.8) is 0 Å². The van der Waals surface area contributed by atoms with E-state index in [-0.39, 0.29) is 5.97 Å². The number of hydrogen-bond donors (Lipinski definition) is 0. The third kappa shape index (κ3) is 2.49. The Morgan fingerprint density at radius 1 is 1.33 bits per heavy atom. The molecular formula is C15H16ClN3O2. The van der Waals surface area contributed by atoms with E-state index in [1.807, 2.05) is 35.9 Å². The summed E-state index contributed by atoms with van der Waals surface area (Å²) in [5, 5.41) is 5.14. The van der Waals surface area contributed by atoms with Gasteiger partial charge in [-0.25, -0.2) is 9.48 Å². The van der Waals surface area contributed by atoms with Crippen LogP contribution in [0.15, 0.2) is 24.3 Å². The number of rotatable bonds is 3. The first-order valence-electron chi connectivity index (χ1n) is 6.75. The summed E-state index contributed by atoms with van der Waals surface area (Å²) in [4.78, 5) is 14.1. The molecule has 1 aliphatic heterocycles. The van der Waals surface area contributed by atoms with Crippen LogP contribution < -0.4 is 4.90 Å². The van der Waals surface area contributed by atoms with Gasteiger partial charge >= 0.3 is 5.97 Å². The van der Waals surface area contributed by atoms with Crippen LogP contribution in [0.25, 0.3) is 0 Å². The highest BCUT2D eigenvalue weighted by Crippen LogP contribution is 2.30. The zero-order valence-corrected chi connectivity index (χ0v) is 12.7. The number of benzene rings is 1. The second-order valence-electron chi connectivity index (χ2n) is 5.05. The third-order valence-corrected chi connectivity index (χ3v) is 3.91. The summed E-state index contributed by atoms with van der Waals surface area (Å²) in [7, 11) is 1.39. The van der Waals surface area contributed by atoms with Gasteiger partial charge in [-0.2, -0.15) is 5.10 Å². The van der Waals surface area contributed by atoms with Crippen molar-refractivity contribution in [3.05, 3.63) is 46.1 Å². The third-order valence-electron chi connectivity index (χ3n) is 3.66. The highest BCUT2D eigenvalue weighted by Gasteiger charge is 2.30. The van der Waals surface area contributed by atoms with Crippen molar-refractivity contribution in [1.29, 1.82) is 0 Å². The van der Waals surface area contributed by atoms with Crippen molar-refractivity contribution in [2.24, 2.45) is 0 Å². The van der Waals surface area contributed by atoms with Gasteiger partial charge in [0.2, 0.25) is 0 Å². The molecule has 1 aromatic heterocycles. The quantitative estimate of drug-likeness (QED) is 0.818. The Hall–Kier alpha value is -2.01. The number of hydrogen-bond acceptors (Lipinski definition) is 4. The van der Waals surface area contributed by atoms with Crippen LogP contribution in [0.3, 0.4) is 0 Å². The summed E-state index contributed by atoms with van der Waals surface area (Å²) >= 11 is 5.91. The van der Waals surface area contributed by atoms with Gasteiger partial charge in [-0.15, -0.1) is 0 Å². The lowest BCUT2D eigenvalue weighted by Crippen LogP contribution is -2.22. The maximum absolute atomic E-state index is 12.0. The van der Waals surface area contributed by atoms with Gasteiger partial charge in [-0.05, 0) is 24.6 Å². The van der Waals surface area contributed by atoms with Crippen LogP contribution in [0.5, 0.6) is 0 Å². The first-order valence-corrected chi connectivity index (χ1v) is 7.13. The van der Waals surface area contributed by atoms with E-state index in [1.54, 1.807) is 0 Å². The summed E-state index contributed by atoms with van der Waals surface area (Å²) in [5.74, 6) is 0.506. The number of carbonyl (C=O) groups excluding carboxylic acids is 1.